The van der Waals surface area contributed by atoms with Gasteiger partial charge in [-0.1, -0.05) is 11.8 Å². The highest BCUT2D eigenvalue weighted by atomic mass is 32.2. The minimum atomic E-state index is -3.26. The summed E-state index contributed by atoms with van der Waals surface area (Å²) in [6, 6.07) is 1.86. The summed E-state index contributed by atoms with van der Waals surface area (Å²) in [4.78, 5) is 0.899. The molecule has 0 aromatic carbocycles. The van der Waals surface area contributed by atoms with Crippen molar-refractivity contribution in [1.29, 1.82) is 0 Å². The Hall–Kier alpha value is -0.910. The first kappa shape index (κ1) is 16.1. The normalized spacial score (nSPS) is 11.1. The Morgan fingerprint density at radius 1 is 1.53 bits per heavy atom. The van der Waals surface area contributed by atoms with Crippen LogP contribution < -0.4 is 10.5 Å². The fourth-order valence-corrected chi connectivity index (χ4v) is 3.24. The lowest BCUT2D eigenvalue weighted by atomic mass is 10.2. The fourth-order valence-electron chi connectivity index (χ4n) is 1.38. The summed E-state index contributed by atoms with van der Waals surface area (Å²) in [5, 5.41) is 1.88. The molecule has 0 aliphatic carbocycles. The molecule has 1 rings (SSSR count). The molecule has 0 saturated heterocycles. The highest BCUT2D eigenvalue weighted by Crippen LogP contribution is 2.15. The zero-order valence-corrected chi connectivity index (χ0v) is 12.4. The summed E-state index contributed by atoms with van der Waals surface area (Å²) in [6.07, 6.45) is 0.482. The van der Waals surface area contributed by atoms with Crippen molar-refractivity contribution in [2.45, 2.75) is 13.0 Å². The third kappa shape index (κ3) is 6.18. The van der Waals surface area contributed by atoms with E-state index in [1.54, 1.807) is 7.11 Å². The van der Waals surface area contributed by atoms with Gasteiger partial charge >= 0.3 is 0 Å². The van der Waals surface area contributed by atoms with E-state index in [1.807, 2.05) is 11.4 Å². The van der Waals surface area contributed by atoms with Crippen LogP contribution in [-0.2, 0) is 21.3 Å². The zero-order chi connectivity index (χ0) is 14.1. The van der Waals surface area contributed by atoms with Crippen molar-refractivity contribution >= 4 is 21.4 Å². The van der Waals surface area contributed by atoms with E-state index in [2.05, 4.69) is 16.6 Å². The van der Waals surface area contributed by atoms with Gasteiger partial charge in [-0.25, -0.2) is 13.1 Å². The summed E-state index contributed by atoms with van der Waals surface area (Å²) in [5.74, 6) is 5.75. The molecule has 5 nitrogen and oxygen atoms in total. The van der Waals surface area contributed by atoms with E-state index in [9.17, 15) is 8.42 Å². The molecule has 0 amide bonds. The number of nitrogens with two attached hydrogens (primary N) is 1. The van der Waals surface area contributed by atoms with Gasteiger partial charge in [-0.15, -0.1) is 11.3 Å². The van der Waals surface area contributed by atoms with Crippen molar-refractivity contribution in [3.63, 3.8) is 0 Å². The molecule has 1 aromatic heterocycles. The Morgan fingerprint density at radius 3 is 3.00 bits per heavy atom. The second-order valence-corrected chi connectivity index (χ2v) is 6.68. The highest BCUT2D eigenvalue weighted by molar-refractivity contribution is 7.89. The van der Waals surface area contributed by atoms with E-state index >= 15 is 0 Å². The van der Waals surface area contributed by atoms with Crippen LogP contribution in [0.1, 0.15) is 16.9 Å². The van der Waals surface area contributed by atoms with E-state index in [1.165, 1.54) is 11.3 Å². The van der Waals surface area contributed by atoms with Gasteiger partial charge < -0.3 is 10.5 Å². The Morgan fingerprint density at radius 2 is 2.32 bits per heavy atom. The standard InChI is InChI=1S/C12H18N2O3S2/c1-17-7-3-9-19(15,16)14-10-12-11(4-2-6-13)5-8-18-12/h5,8,14H,3,6-7,9-10,13H2,1H3. The van der Waals surface area contributed by atoms with Gasteiger partial charge in [0, 0.05) is 30.7 Å². The van der Waals surface area contributed by atoms with Crippen LogP contribution in [0.3, 0.4) is 0 Å². The molecular formula is C12H18N2O3S2. The predicted molar refractivity (Wildman–Crippen MR) is 77.4 cm³/mol. The third-order valence-electron chi connectivity index (χ3n) is 2.28. The number of hydrogen-bond acceptors (Lipinski definition) is 5. The smallest absolute Gasteiger partial charge is 0.212 e. The lowest BCUT2D eigenvalue weighted by Crippen LogP contribution is -2.26. The molecule has 0 aliphatic rings. The second-order valence-electron chi connectivity index (χ2n) is 3.75. The van der Waals surface area contributed by atoms with Crippen LogP contribution in [0.2, 0.25) is 0 Å². The molecule has 0 radical (unpaired) electrons. The van der Waals surface area contributed by atoms with Crippen LogP contribution in [0.4, 0.5) is 0 Å². The zero-order valence-electron chi connectivity index (χ0n) is 10.8. The molecule has 0 fully saturated rings. The first-order chi connectivity index (χ1) is 9.09. The first-order valence-corrected chi connectivity index (χ1v) is 8.34. The summed E-state index contributed by atoms with van der Waals surface area (Å²) in [7, 11) is -1.71. The van der Waals surface area contributed by atoms with E-state index in [-0.39, 0.29) is 18.8 Å². The number of thiophene rings is 1. The SMILES string of the molecule is COCCCS(=O)(=O)NCc1sccc1C#CCN. The molecule has 1 heterocycles. The van der Waals surface area contributed by atoms with Crippen LogP contribution in [0.15, 0.2) is 11.4 Å². The van der Waals surface area contributed by atoms with Crippen LogP contribution >= 0.6 is 11.3 Å². The molecule has 7 heteroatoms. The van der Waals surface area contributed by atoms with Gasteiger partial charge in [0.1, 0.15) is 0 Å². The van der Waals surface area contributed by atoms with E-state index < -0.39 is 10.0 Å². The lowest BCUT2D eigenvalue weighted by Gasteiger charge is -2.05. The Bertz CT molecular complexity index is 541. The van der Waals surface area contributed by atoms with Gasteiger partial charge in [-0.2, -0.15) is 0 Å². The fraction of sp³-hybridized carbons (Fsp3) is 0.500. The maximum absolute atomic E-state index is 11.7. The number of sulfonamides is 1. The quantitative estimate of drug-likeness (QED) is 0.568. The highest BCUT2D eigenvalue weighted by Gasteiger charge is 2.11. The molecule has 19 heavy (non-hydrogen) atoms. The van der Waals surface area contributed by atoms with Crippen molar-refractivity contribution < 1.29 is 13.2 Å². The summed E-state index contributed by atoms with van der Waals surface area (Å²) in [5.41, 5.74) is 6.14. The second kappa shape index (κ2) is 8.30. The molecule has 0 atom stereocenters. The van der Waals surface area contributed by atoms with Crippen molar-refractivity contribution in [2.75, 3.05) is 26.0 Å². The number of rotatable bonds is 7. The van der Waals surface area contributed by atoms with E-state index in [4.69, 9.17) is 10.5 Å². The van der Waals surface area contributed by atoms with Crippen LogP contribution in [0.5, 0.6) is 0 Å². The maximum Gasteiger partial charge on any atom is 0.212 e. The minimum Gasteiger partial charge on any atom is -0.385 e. The van der Waals surface area contributed by atoms with Gasteiger partial charge in [-0.05, 0) is 17.9 Å². The van der Waals surface area contributed by atoms with E-state index in [0.29, 0.717) is 13.0 Å². The Labute approximate surface area is 118 Å². The number of nitrogens with one attached hydrogen (secondary N) is 1. The Kier molecular flexibility index (Phi) is 7.05. The number of ether oxygens (including phenoxy) is 1. The molecule has 0 spiro atoms. The van der Waals surface area contributed by atoms with Crippen molar-refractivity contribution in [3.05, 3.63) is 21.9 Å². The van der Waals surface area contributed by atoms with Gasteiger partial charge in [-0.3, -0.25) is 0 Å². The van der Waals surface area contributed by atoms with Gasteiger partial charge in [0.05, 0.1) is 12.3 Å². The molecule has 0 saturated carbocycles. The van der Waals surface area contributed by atoms with Crippen molar-refractivity contribution in [2.24, 2.45) is 5.73 Å². The molecule has 3 N–H and O–H groups in total. The predicted octanol–water partition coefficient (Wildman–Crippen LogP) is 0.514. The Balaban J connectivity index is 2.54. The summed E-state index contributed by atoms with van der Waals surface area (Å²) >= 11 is 1.47. The summed E-state index contributed by atoms with van der Waals surface area (Å²) in [6.45, 7) is 0.993. The van der Waals surface area contributed by atoms with Crippen LogP contribution in [0.25, 0.3) is 0 Å². The van der Waals surface area contributed by atoms with Crippen LogP contribution in [-0.4, -0.2) is 34.4 Å². The largest absolute Gasteiger partial charge is 0.385 e. The van der Waals surface area contributed by atoms with Crippen molar-refractivity contribution in [3.8, 4) is 11.8 Å². The van der Waals surface area contributed by atoms with Gasteiger partial charge in [0.2, 0.25) is 10.0 Å². The first-order valence-electron chi connectivity index (χ1n) is 5.80. The molecule has 0 bridgehead atoms. The third-order valence-corrected chi connectivity index (χ3v) is 4.62. The number of methoxy groups -OCH3 is 1. The minimum absolute atomic E-state index is 0.0655. The molecule has 1 aromatic rings. The lowest BCUT2D eigenvalue weighted by molar-refractivity contribution is 0.199. The average molecular weight is 302 g/mol. The molecule has 0 unspecified atom stereocenters. The van der Waals surface area contributed by atoms with Crippen molar-refractivity contribution in [1.82, 2.24) is 4.72 Å². The molecular weight excluding hydrogens is 284 g/mol. The average Bonchev–Trinajstić information content (AvgIpc) is 2.82. The summed E-state index contributed by atoms with van der Waals surface area (Å²) < 4.78 is 30.8. The monoisotopic (exact) mass is 302 g/mol. The molecule has 0 aliphatic heterocycles. The topological polar surface area (TPSA) is 81.4 Å². The van der Waals surface area contributed by atoms with E-state index in [0.717, 1.165) is 10.4 Å². The van der Waals surface area contributed by atoms with Gasteiger partial charge in [0.15, 0.2) is 0 Å². The van der Waals surface area contributed by atoms with Gasteiger partial charge in [0.25, 0.3) is 0 Å². The number of hydrogen-bond donors (Lipinski definition) is 2. The molecule has 106 valence electrons. The van der Waals surface area contributed by atoms with Crippen LogP contribution in [0, 0.1) is 11.8 Å². The maximum atomic E-state index is 11.7.